The van der Waals surface area contributed by atoms with E-state index < -0.39 is 11.7 Å². The van der Waals surface area contributed by atoms with Gasteiger partial charge in [0, 0.05) is 37.3 Å². The molecule has 1 aromatic carbocycles. The minimum Gasteiger partial charge on any atom is -0.352 e. The molecule has 1 fully saturated rings. The fourth-order valence-electron chi connectivity index (χ4n) is 3.48. The summed E-state index contributed by atoms with van der Waals surface area (Å²) in [4.78, 5) is 21.6. The monoisotopic (exact) mass is 427 g/mol. The Labute approximate surface area is 169 Å². The quantitative estimate of drug-likeness (QED) is 0.722. The van der Waals surface area contributed by atoms with E-state index in [2.05, 4.69) is 4.98 Å². The fraction of sp³-hybridized carbons (Fsp3) is 0.368. The number of halogens is 4. The summed E-state index contributed by atoms with van der Waals surface area (Å²) in [5.74, 6) is 0.428. The predicted molar refractivity (Wildman–Crippen MR) is 103 cm³/mol. The third-order valence-corrected chi connectivity index (χ3v) is 6.55. The van der Waals surface area contributed by atoms with Crippen LogP contribution in [0.4, 0.5) is 19.0 Å². The number of piperazine rings is 1. The average Bonchev–Trinajstić information content (AvgIpc) is 3.11. The molecule has 0 N–H and O–H groups in total. The lowest BCUT2D eigenvalue weighted by atomic mass is 10.1. The number of pyridine rings is 1. The fourth-order valence-corrected chi connectivity index (χ4v) is 5.05. The van der Waals surface area contributed by atoms with Gasteiger partial charge in [0.05, 0.1) is 15.8 Å². The molecule has 1 amide bonds. The zero-order chi connectivity index (χ0) is 19.9. The first kappa shape index (κ1) is 19.4. The standard InChI is InChI=1S/C19H17ClF3N3OS/c20-14-10-13(19(21,22)23)11-24-17(14)25-5-7-26(8-6-25)18(27)16-9-12-3-1-2-4-15(12)28-16/h1-4,10-11,16H,5-9H2/t16-/m0/s1. The number of carbonyl (C=O) groups excluding carboxylic acids is 1. The number of carbonyl (C=O) groups is 1. The van der Waals surface area contributed by atoms with E-state index in [-0.39, 0.29) is 16.2 Å². The summed E-state index contributed by atoms with van der Waals surface area (Å²) in [7, 11) is 0. The number of aromatic nitrogens is 1. The Morgan fingerprint density at radius 2 is 1.89 bits per heavy atom. The summed E-state index contributed by atoms with van der Waals surface area (Å²) >= 11 is 7.63. The molecule has 1 aromatic heterocycles. The molecular weight excluding hydrogens is 411 g/mol. The molecule has 1 saturated heterocycles. The summed E-state index contributed by atoms with van der Waals surface area (Å²) in [5.41, 5.74) is 0.332. The molecular formula is C19H17ClF3N3OS. The third kappa shape index (κ3) is 3.80. The van der Waals surface area contributed by atoms with Crippen molar-refractivity contribution in [3.8, 4) is 0 Å². The second-order valence-corrected chi connectivity index (χ2v) is 8.41. The van der Waals surface area contributed by atoms with Gasteiger partial charge in [-0.15, -0.1) is 11.8 Å². The first-order valence-electron chi connectivity index (χ1n) is 8.84. The second kappa shape index (κ2) is 7.48. The molecule has 0 bridgehead atoms. The molecule has 0 saturated carbocycles. The largest absolute Gasteiger partial charge is 0.417 e. The smallest absolute Gasteiger partial charge is 0.352 e. The zero-order valence-electron chi connectivity index (χ0n) is 14.7. The lowest BCUT2D eigenvalue weighted by Crippen LogP contribution is -2.51. The zero-order valence-corrected chi connectivity index (χ0v) is 16.3. The Balaban J connectivity index is 1.38. The van der Waals surface area contributed by atoms with Crippen LogP contribution in [0.2, 0.25) is 5.02 Å². The number of nitrogens with zero attached hydrogens (tertiary/aromatic N) is 3. The molecule has 148 valence electrons. The molecule has 0 spiro atoms. The lowest BCUT2D eigenvalue weighted by Gasteiger charge is -2.36. The number of thioether (sulfide) groups is 1. The van der Waals surface area contributed by atoms with Crippen LogP contribution in [0.15, 0.2) is 41.4 Å². The Morgan fingerprint density at radius 1 is 1.18 bits per heavy atom. The molecule has 0 unspecified atom stereocenters. The van der Waals surface area contributed by atoms with Crippen LogP contribution >= 0.6 is 23.4 Å². The summed E-state index contributed by atoms with van der Waals surface area (Å²) in [6.45, 7) is 1.94. The van der Waals surface area contributed by atoms with Crippen LogP contribution in [0, 0.1) is 0 Å². The van der Waals surface area contributed by atoms with Gasteiger partial charge in [0.15, 0.2) is 0 Å². The third-order valence-electron chi connectivity index (χ3n) is 4.96. The number of hydrogen-bond donors (Lipinski definition) is 0. The van der Waals surface area contributed by atoms with Gasteiger partial charge in [-0.05, 0) is 24.1 Å². The Morgan fingerprint density at radius 3 is 2.54 bits per heavy atom. The highest BCUT2D eigenvalue weighted by atomic mass is 35.5. The maximum absolute atomic E-state index is 12.9. The number of fused-ring (bicyclic) bond motifs is 1. The number of alkyl halides is 3. The summed E-state index contributed by atoms with van der Waals surface area (Å²) < 4.78 is 38.3. The van der Waals surface area contributed by atoms with Crippen molar-refractivity contribution in [3.05, 3.63) is 52.7 Å². The van der Waals surface area contributed by atoms with Gasteiger partial charge in [-0.2, -0.15) is 13.2 Å². The van der Waals surface area contributed by atoms with Gasteiger partial charge in [-0.1, -0.05) is 29.8 Å². The van der Waals surface area contributed by atoms with Crippen molar-refractivity contribution < 1.29 is 18.0 Å². The van der Waals surface area contributed by atoms with E-state index in [4.69, 9.17) is 11.6 Å². The molecule has 9 heteroatoms. The van der Waals surface area contributed by atoms with E-state index in [9.17, 15) is 18.0 Å². The maximum Gasteiger partial charge on any atom is 0.417 e. The minimum absolute atomic E-state index is 0.0311. The SMILES string of the molecule is O=C([C@@H]1Cc2ccccc2S1)N1CCN(c2ncc(C(F)(F)F)cc2Cl)CC1. The highest BCUT2D eigenvalue weighted by molar-refractivity contribution is 8.01. The predicted octanol–water partition coefficient (Wildman–Crippen LogP) is 4.12. The van der Waals surface area contributed by atoms with Crippen LogP contribution < -0.4 is 4.90 Å². The molecule has 2 aromatic rings. The molecule has 1 atom stereocenters. The van der Waals surface area contributed by atoms with Gasteiger partial charge in [0.1, 0.15) is 5.82 Å². The molecule has 2 aliphatic heterocycles. The molecule has 4 rings (SSSR count). The molecule has 28 heavy (non-hydrogen) atoms. The van der Waals surface area contributed by atoms with Gasteiger partial charge in [0.25, 0.3) is 0 Å². The number of amides is 1. The van der Waals surface area contributed by atoms with Gasteiger partial charge >= 0.3 is 6.18 Å². The van der Waals surface area contributed by atoms with E-state index in [0.717, 1.165) is 23.6 Å². The Hall–Kier alpha value is -1.93. The number of benzene rings is 1. The Kier molecular flexibility index (Phi) is 5.18. The summed E-state index contributed by atoms with van der Waals surface area (Å²) in [6.07, 6.45) is -2.95. The molecule has 3 heterocycles. The van der Waals surface area contributed by atoms with Gasteiger partial charge in [-0.3, -0.25) is 4.79 Å². The van der Waals surface area contributed by atoms with Crippen molar-refractivity contribution in [1.82, 2.24) is 9.88 Å². The van der Waals surface area contributed by atoms with Crippen LogP contribution in [0.3, 0.4) is 0 Å². The average molecular weight is 428 g/mol. The maximum atomic E-state index is 12.9. The van der Waals surface area contributed by atoms with Gasteiger partial charge in [0.2, 0.25) is 5.91 Å². The molecule has 0 aliphatic carbocycles. The number of anilines is 1. The van der Waals surface area contributed by atoms with Crippen molar-refractivity contribution in [1.29, 1.82) is 0 Å². The van der Waals surface area contributed by atoms with Gasteiger partial charge in [-0.25, -0.2) is 4.98 Å². The lowest BCUT2D eigenvalue weighted by molar-refractivity contribution is -0.137. The van der Waals surface area contributed by atoms with E-state index in [1.165, 1.54) is 5.56 Å². The van der Waals surface area contributed by atoms with Crippen LogP contribution in [-0.2, 0) is 17.4 Å². The van der Waals surface area contributed by atoms with E-state index in [1.807, 2.05) is 34.1 Å². The first-order valence-corrected chi connectivity index (χ1v) is 10.1. The van der Waals surface area contributed by atoms with E-state index >= 15 is 0 Å². The van der Waals surface area contributed by atoms with Crippen molar-refractivity contribution >= 4 is 35.1 Å². The van der Waals surface area contributed by atoms with Crippen molar-refractivity contribution in [2.24, 2.45) is 0 Å². The molecule has 0 radical (unpaired) electrons. The minimum atomic E-state index is -4.48. The second-order valence-electron chi connectivity index (χ2n) is 6.76. The van der Waals surface area contributed by atoms with Crippen molar-refractivity contribution in [2.75, 3.05) is 31.1 Å². The van der Waals surface area contributed by atoms with Crippen molar-refractivity contribution in [3.63, 3.8) is 0 Å². The van der Waals surface area contributed by atoms with Crippen LogP contribution in [0.5, 0.6) is 0 Å². The highest BCUT2D eigenvalue weighted by Crippen LogP contribution is 2.38. The van der Waals surface area contributed by atoms with Crippen LogP contribution in [0.1, 0.15) is 11.1 Å². The number of rotatable bonds is 2. The topological polar surface area (TPSA) is 36.4 Å². The highest BCUT2D eigenvalue weighted by Gasteiger charge is 2.34. The first-order chi connectivity index (χ1) is 13.3. The Bertz CT molecular complexity index is 875. The summed E-state index contributed by atoms with van der Waals surface area (Å²) in [5, 5.41) is -0.145. The van der Waals surface area contributed by atoms with Gasteiger partial charge < -0.3 is 9.80 Å². The molecule has 4 nitrogen and oxygen atoms in total. The van der Waals surface area contributed by atoms with Crippen LogP contribution in [0.25, 0.3) is 0 Å². The van der Waals surface area contributed by atoms with E-state index in [0.29, 0.717) is 32.0 Å². The van der Waals surface area contributed by atoms with E-state index in [1.54, 1.807) is 11.8 Å². The summed E-state index contributed by atoms with van der Waals surface area (Å²) in [6, 6.07) is 8.92. The van der Waals surface area contributed by atoms with Crippen molar-refractivity contribution in [2.45, 2.75) is 22.7 Å². The molecule has 2 aliphatic rings. The normalized spacial score (nSPS) is 19.6. The number of hydrogen-bond acceptors (Lipinski definition) is 4. The van der Waals surface area contributed by atoms with Crippen LogP contribution in [-0.4, -0.2) is 47.2 Å².